The van der Waals surface area contributed by atoms with E-state index in [9.17, 15) is 24.6 Å². The molecule has 0 aliphatic rings. The maximum Gasteiger partial charge on any atom is 0.332 e. The molecule has 0 fully saturated rings. The lowest BCUT2D eigenvalue weighted by molar-refractivity contribution is -0.145. The second-order valence-electron chi connectivity index (χ2n) is 5.46. The van der Waals surface area contributed by atoms with Gasteiger partial charge < -0.3 is 10.2 Å². The number of Topliss-reactive ketones (excluding diaryl/α,β-unsaturated/α-hetero) is 1. The van der Waals surface area contributed by atoms with Crippen molar-refractivity contribution in [2.45, 2.75) is 19.8 Å². The Balaban J connectivity index is 2.55. The zero-order chi connectivity index (χ0) is 17.7. The molecule has 0 aromatic heterocycles. The van der Waals surface area contributed by atoms with Crippen LogP contribution in [-0.4, -0.2) is 27.9 Å². The first-order valence-electron chi connectivity index (χ1n) is 7.61. The Morgan fingerprint density at radius 1 is 1.04 bits per heavy atom. The number of hydrogen-bond acceptors (Lipinski definition) is 3. The summed E-state index contributed by atoms with van der Waals surface area (Å²) in [5, 5.41) is 20.6. The third-order valence-electron chi connectivity index (χ3n) is 3.88. The van der Waals surface area contributed by atoms with Crippen molar-refractivity contribution in [1.82, 2.24) is 0 Å². The molecule has 1 atom stereocenters. The van der Waals surface area contributed by atoms with Gasteiger partial charge in [-0.05, 0) is 22.4 Å². The lowest BCUT2D eigenvalue weighted by atomic mass is 9.90. The van der Waals surface area contributed by atoms with Crippen molar-refractivity contribution < 1.29 is 24.6 Å². The van der Waals surface area contributed by atoms with Crippen molar-refractivity contribution in [3.05, 3.63) is 53.6 Å². The van der Waals surface area contributed by atoms with Crippen LogP contribution in [0.4, 0.5) is 0 Å². The number of carbonyl (C=O) groups excluding carboxylic acids is 1. The van der Waals surface area contributed by atoms with Gasteiger partial charge in [-0.3, -0.25) is 9.59 Å². The third-order valence-corrected chi connectivity index (χ3v) is 3.88. The van der Waals surface area contributed by atoms with Crippen LogP contribution in [0, 0.1) is 5.92 Å². The second kappa shape index (κ2) is 7.55. The van der Waals surface area contributed by atoms with Gasteiger partial charge in [0.05, 0.1) is 11.5 Å². The summed E-state index contributed by atoms with van der Waals surface area (Å²) in [7, 11) is 0. The van der Waals surface area contributed by atoms with Crippen LogP contribution >= 0.6 is 0 Å². The first kappa shape index (κ1) is 17.4. The van der Waals surface area contributed by atoms with Crippen LogP contribution in [0.2, 0.25) is 0 Å². The van der Waals surface area contributed by atoms with E-state index >= 15 is 0 Å². The summed E-state index contributed by atoms with van der Waals surface area (Å²) in [5.41, 5.74) is 0.321. The summed E-state index contributed by atoms with van der Waals surface area (Å²) in [5.74, 6) is -4.30. The molecule has 124 valence electrons. The zero-order valence-electron chi connectivity index (χ0n) is 13.2. The molecule has 0 saturated carbocycles. The van der Waals surface area contributed by atoms with E-state index in [0.29, 0.717) is 5.56 Å². The average molecular weight is 326 g/mol. The standard InChI is InChI=1S/C19H18O5/c1-2-14(20)11-17(19(23)24)16(18(21)22)10-13-8-5-7-12-6-3-4-9-15(12)13/h3-10,17H,2,11H2,1H3,(H,21,22)(H,23,24). The number of fused-ring (bicyclic) bond motifs is 1. The van der Waals surface area contributed by atoms with E-state index < -0.39 is 17.9 Å². The molecule has 2 aromatic rings. The second-order valence-corrected chi connectivity index (χ2v) is 5.46. The van der Waals surface area contributed by atoms with E-state index in [0.717, 1.165) is 10.8 Å². The number of rotatable bonds is 7. The van der Waals surface area contributed by atoms with Crippen molar-refractivity contribution in [3.8, 4) is 0 Å². The van der Waals surface area contributed by atoms with E-state index in [1.807, 2.05) is 30.3 Å². The lowest BCUT2D eigenvalue weighted by Gasteiger charge is -2.13. The van der Waals surface area contributed by atoms with Gasteiger partial charge in [-0.1, -0.05) is 49.4 Å². The molecule has 1 unspecified atom stereocenters. The van der Waals surface area contributed by atoms with Gasteiger partial charge in [-0.15, -0.1) is 0 Å². The van der Waals surface area contributed by atoms with Crippen molar-refractivity contribution in [2.24, 2.45) is 5.92 Å². The van der Waals surface area contributed by atoms with Crippen LogP contribution in [0.25, 0.3) is 16.8 Å². The Kier molecular flexibility index (Phi) is 5.47. The van der Waals surface area contributed by atoms with Crippen LogP contribution in [0.15, 0.2) is 48.0 Å². The largest absolute Gasteiger partial charge is 0.481 e. The van der Waals surface area contributed by atoms with Crippen LogP contribution in [-0.2, 0) is 14.4 Å². The smallest absolute Gasteiger partial charge is 0.332 e. The fourth-order valence-electron chi connectivity index (χ4n) is 2.56. The van der Waals surface area contributed by atoms with Gasteiger partial charge in [0, 0.05) is 12.8 Å². The molecular weight excluding hydrogens is 308 g/mol. The Morgan fingerprint density at radius 3 is 2.33 bits per heavy atom. The average Bonchev–Trinajstić information content (AvgIpc) is 2.57. The van der Waals surface area contributed by atoms with Crippen molar-refractivity contribution in [3.63, 3.8) is 0 Å². The van der Waals surface area contributed by atoms with Crippen molar-refractivity contribution >= 4 is 34.6 Å². The fraction of sp³-hybridized carbons (Fsp3) is 0.211. The molecule has 0 radical (unpaired) electrons. The van der Waals surface area contributed by atoms with Gasteiger partial charge in [0.2, 0.25) is 0 Å². The molecular formula is C19H18O5. The maximum atomic E-state index is 11.6. The number of hydrogen-bond donors (Lipinski definition) is 2. The van der Waals surface area contributed by atoms with E-state index in [4.69, 9.17) is 0 Å². The molecule has 5 nitrogen and oxygen atoms in total. The predicted octanol–water partition coefficient (Wildman–Crippen LogP) is 3.38. The molecule has 0 saturated heterocycles. The summed E-state index contributed by atoms with van der Waals surface area (Å²) >= 11 is 0. The molecule has 0 amide bonds. The quantitative estimate of drug-likeness (QED) is 0.761. The minimum atomic E-state index is -1.37. The van der Waals surface area contributed by atoms with E-state index in [1.165, 1.54) is 6.08 Å². The molecule has 0 aliphatic heterocycles. The Labute approximate surface area is 139 Å². The molecule has 2 aromatic carbocycles. The van der Waals surface area contributed by atoms with Gasteiger partial charge in [-0.2, -0.15) is 0 Å². The van der Waals surface area contributed by atoms with Gasteiger partial charge in [0.15, 0.2) is 0 Å². The normalized spacial score (nSPS) is 12.8. The molecule has 0 heterocycles. The molecule has 0 spiro atoms. The van der Waals surface area contributed by atoms with Crippen molar-refractivity contribution in [2.75, 3.05) is 0 Å². The van der Waals surface area contributed by atoms with Gasteiger partial charge in [0.25, 0.3) is 0 Å². The van der Waals surface area contributed by atoms with E-state index in [2.05, 4.69) is 0 Å². The number of carbonyl (C=O) groups is 3. The minimum Gasteiger partial charge on any atom is -0.481 e. The van der Waals surface area contributed by atoms with Gasteiger partial charge in [0.1, 0.15) is 5.78 Å². The van der Waals surface area contributed by atoms with Crippen LogP contribution < -0.4 is 0 Å². The Bertz CT molecular complexity index is 814. The molecule has 2 rings (SSSR count). The molecule has 0 bridgehead atoms. The minimum absolute atomic E-state index is 0.172. The summed E-state index contributed by atoms with van der Waals surface area (Å²) in [4.78, 5) is 34.7. The lowest BCUT2D eigenvalue weighted by Crippen LogP contribution is -2.24. The number of benzene rings is 2. The topological polar surface area (TPSA) is 91.7 Å². The predicted molar refractivity (Wildman–Crippen MR) is 90.6 cm³/mol. The number of carboxylic acid groups (broad SMARTS) is 2. The zero-order valence-corrected chi connectivity index (χ0v) is 13.2. The summed E-state index contributed by atoms with van der Waals surface area (Å²) in [6, 6.07) is 12.8. The van der Waals surface area contributed by atoms with Gasteiger partial charge in [-0.25, -0.2) is 4.79 Å². The summed E-state index contributed by atoms with van der Waals surface area (Å²) in [6.45, 7) is 1.62. The monoisotopic (exact) mass is 326 g/mol. The van der Waals surface area contributed by atoms with Crippen molar-refractivity contribution in [1.29, 1.82) is 0 Å². The fourth-order valence-corrected chi connectivity index (χ4v) is 2.56. The molecule has 24 heavy (non-hydrogen) atoms. The SMILES string of the molecule is CCC(=O)CC(C(=O)O)C(=Cc1cccc2ccccc12)C(=O)O. The molecule has 2 N–H and O–H groups in total. The number of carboxylic acids is 2. The highest BCUT2D eigenvalue weighted by molar-refractivity contribution is 6.02. The molecule has 0 aliphatic carbocycles. The maximum absolute atomic E-state index is 11.6. The summed E-state index contributed by atoms with van der Waals surface area (Å²) in [6.07, 6.45) is 1.20. The number of aliphatic carboxylic acids is 2. The van der Waals surface area contributed by atoms with E-state index in [-0.39, 0.29) is 24.2 Å². The third kappa shape index (κ3) is 3.87. The number of ketones is 1. The first-order chi connectivity index (χ1) is 11.4. The van der Waals surface area contributed by atoms with Gasteiger partial charge >= 0.3 is 11.9 Å². The molecule has 5 heteroatoms. The Hall–Kier alpha value is -2.95. The highest BCUT2D eigenvalue weighted by Crippen LogP contribution is 2.25. The highest BCUT2D eigenvalue weighted by Gasteiger charge is 2.29. The Morgan fingerprint density at radius 2 is 1.71 bits per heavy atom. The van der Waals surface area contributed by atoms with Crippen LogP contribution in [0.5, 0.6) is 0 Å². The van der Waals surface area contributed by atoms with Crippen LogP contribution in [0.1, 0.15) is 25.3 Å². The van der Waals surface area contributed by atoms with E-state index in [1.54, 1.807) is 19.1 Å². The first-order valence-corrected chi connectivity index (χ1v) is 7.61. The highest BCUT2D eigenvalue weighted by atomic mass is 16.4. The van der Waals surface area contributed by atoms with Crippen LogP contribution in [0.3, 0.4) is 0 Å². The summed E-state index contributed by atoms with van der Waals surface area (Å²) < 4.78 is 0.